The smallest absolute Gasteiger partial charge is 0.450 e. The van der Waals surface area contributed by atoms with Gasteiger partial charge in [-0.1, -0.05) is 48.5 Å². The van der Waals surface area contributed by atoms with E-state index in [1.807, 2.05) is 0 Å². The topological polar surface area (TPSA) is 39.4 Å². The second-order valence-electron chi connectivity index (χ2n) is 6.54. The molecule has 0 bridgehead atoms. The Morgan fingerprint density at radius 1 is 0.900 bits per heavy atom. The van der Waals surface area contributed by atoms with Gasteiger partial charge in [-0.05, 0) is 23.8 Å². The first-order chi connectivity index (χ1) is 14.3. The van der Waals surface area contributed by atoms with Gasteiger partial charge >= 0.3 is 6.18 Å². The van der Waals surface area contributed by atoms with E-state index in [0.717, 1.165) is 0 Å². The minimum absolute atomic E-state index is 0.0138. The van der Waals surface area contributed by atoms with Gasteiger partial charge in [0, 0.05) is 11.6 Å². The number of halogens is 4. The lowest BCUT2D eigenvalue weighted by Gasteiger charge is -2.13. The molecular weight excluding hydrogens is 400 g/mol. The van der Waals surface area contributed by atoms with Crippen LogP contribution in [0.25, 0.3) is 22.1 Å². The van der Waals surface area contributed by atoms with Crippen molar-refractivity contribution in [2.75, 3.05) is 0 Å². The Balaban J connectivity index is 1.79. The van der Waals surface area contributed by atoms with E-state index in [-0.39, 0.29) is 34.5 Å². The zero-order chi connectivity index (χ0) is 21.3. The molecule has 4 aromatic rings. The zero-order valence-corrected chi connectivity index (χ0v) is 15.4. The molecule has 0 N–H and O–H groups in total. The fourth-order valence-corrected chi connectivity index (χ4v) is 3.11. The fourth-order valence-electron chi connectivity index (χ4n) is 3.11. The molecule has 152 valence electrons. The van der Waals surface area contributed by atoms with Gasteiger partial charge in [0.05, 0.1) is 10.9 Å². The van der Waals surface area contributed by atoms with Crippen molar-refractivity contribution in [2.45, 2.75) is 12.8 Å². The standard InChI is InChI=1S/C23H14F4O3/c24-18-9-5-4-8-15(18)13-29-16-10-11-17-19(12-16)30-22(23(25,26)27)20(21(17)28)14-6-2-1-3-7-14/h1-12H,13H2. The first-order valence-corrected chi connectivity index (χ1v) is 8.94. The number of benzene rings is 3. The molecule has 1 aromatic heterocycles. The van der Waals surface area contributed by atoms with Gasteiger partial charge < -0.3 is 9.15 Å². The van der Waals surface area contributed by atoms with Crippen LogP contribution >= 0.6 is 0 Å². The third kappa shape index (κ3) is 3.78. The molecule has 0 radical (unpaired) electrons. The molecule has 0 atom stereocenters. The molecule has 0 saturated carbocycles. The summed E-state index contributed by atoms with van der Waals surface area (Å²) in [6.45, 7) is -0.128. The van der Waals surface area contributed by atoms with Gasteiger partial charge in [0.2, 0.25) is 11.2 Å². The van der Waals surface area contributed by atoms with Crippen LogP contribution in [-0.2, 0) is 12.8 Å². The molecular formula is C23H14F4O3. The van der Waals surface area contributed by atoms with Gasteiger partial charge in [-0.2, -0.15) is 13.2 Å². The molecule has 0 aliphatic rings. The quantitative estimate of drug-likeness (QED) is 0.374. The number of hydrogen-bond acceptors (Lipinski definition) is 3. The summed E-state index contributed by atoms with van der Waals surface area (Å²) in [5.74, 6) is -1.69. The van der Waals surface area contributed by atoms with Crippen molar-refractivity contribution in [3.63, 3.8) is 0 Å². The molecule has 0 aliphatic heterocycles. The van der Waals surface area contributed by atoms with E-state index in [1.54, 1.807) is 24.3 Å². The summed E-state index contributed by atoms with van der Waals surface area (Å²) in [5, 5.41) is -0.0138. The number of rotatable bonds is 4. The molecule has 1 heterocycles. The SMILES string of the molecule is O=c1c(-c2ccccc2)c(C(F)(F)F)oc2cc(OCc3ccccc3F)ccc12. The van der Waals surface area contributed by atoms with Crippen molar-refractivity contribution in [3.05, 3.63) is 100 Å². The molecule has 30 heavy (non-hydrogen) atoms. The monoisotopic (exact) mass is 414 g/mol. The van der Waals surface area contributed by atoms with Crippen LogP contribution in [0.1, 0.15) is 11.3 Å². The molecule has 0 unspecified atom stereocenters. The van der Waals surface area contributed by atoms with Crippen molar-refractivity contribution in [2.24, 2.45) is 0 Å². The molecule has 3 aromatic carbocycles. The normalized spacial score (nSPS) is 11.6. The molecule has 0 fully saturated rings. The van der Waals surface area contributed by atoms with Crippen molar-refractivity contribution < 1.29 is 26.7 Å². The Bertz CT molecular complexity index is 1260. The summed E-state index contributed by atoms with van der Waals surface area (Å²) in [5.41, 5.74) is -1.21. The number of fused-ring (bicyclic) bond motifs is 1. The number of ether oxygens (including phenoxy) is 1. The lowest BCUT2D eigenvalue weighted by Crippen LogP contribution is -2.16. The molecule has 3 nitrogen and oxygen atoms in total. The predicted octanol–water partition coefficient (Wildman–Crippen LogP) is 6.20. The van der Waals surface area contributed by atoms with E-state index in [2.05, 4.69) is 0 Å². The minimum atomic E-state index is -4.87. The predicted molar refractivity (Wildman–Crippen MR) is 104 cm³/mol. The van der Waals surface area contributed by atoms with Crippen LogP contribution in [-0.4, -0.2) is 0 Å². The summed E-state index contributed by atoms with van der Waals surface area (Å²) < 4.78 is 65.3. The van der Waals surface area contributed by atoms with Crippen molar-refractivity contribution in [1.29, 1.82) is 0 Å². The highest BCUT2D eigenvalue weighted by atomic mass is 19.4. The van der Waals surface area contributed by atoms with Crippen LogP contribution in [0.15, 0.2) is 82.0 Å². The van der Waals surface area contributed by atoms with Crippen LogP contribution in [0.3, 0.4) is 0 Å². The first kappa shape index (κ1) is 19.7. The molecule has 0 spiro atoms. The lowest BCUT2D eigenvalue weighted by atomic mass is 10.0. The van der Waals surface area contributed by atoms with Crippen LogP contribution in [0.5, 0.6) is 5.75 Å². The maximum absolute atomic E-state index is 13.7. The van der Waals surface area contributed by atoms with Crippen LogP contribution < -0.4 is 10.2 Å². The number of alkyl halides is 3. The Morgan fingerprint density at radius 3 is 2.30 bits per heavy atom. The van der Waals surface area contributed by atoms with Gasteiger partial charge in [-0.3, -0.25) is 4.79 Å². The molecule has 0 amide bonds. The molecule has 4 rings (SSSR count). The zero-order valence-electron chi connectivity index (χ0n) is 15.4. The summed E-state index contributed by atoms with van der Waals surface area (Å²) in [4.78, 5) is 12.9. The highest BCUT2D eigenvalue weighted by Crippen LogP contribution is 2.37. The fraction of sp³-hybridized carbons (Fsp3) is 0.0870. The summed E-state index contributed by atoms with van der Waals surface area (Å²) >= 11 is 0. The van der Waals surface area contributed by atoms with E-state index in [1.165, 1.54) is 48.5 Å². The Labute approximate surface area is 168 Å². The van der Waals surface area contributed by atoms with E-state index >= 15 is 0 Å². The van der Waals surface area contributed by atoms with Crippen molar-refractivity contribution in [3.8, 4) is 16.9 Å². The third-order valence-electron chi connectivity index (χ3n) is 4.54. The summed E-state index contributed by atoms with van der Waals surface area (Å²) in [6, 6.07) is 17.5. The van der Waals surface area contributed by atoms with Gasteiger partial charge in [-0.25, -0.2) is 4.39 Å². The lowest BCUT2D eigenvalue weighted by molar-refractivity contribution is -0.152. The van der Waals surface area contributed by atoms with Crippen molar-refractivity contribution in [1.82, 2.24) is 0 Å². The highest BCUT2D eigenvalue weighted by molar-refractivity contribution is 5.84. The molecule has 0 saturated heterocycles. The van der Waals surface area contributed by atoms with Crippen LogP contribution in [0, 0.1) is 5.82 Å². The van der Waals surface area contributed by atoms with E-state index in [9.17, 15) is 22.4 Å². The van der Waals surface area contributed by atoms with Crippen LogP contribution in [0.4, 0.5) is 17.6 Å². The average Bonchev–Trinajstić information content (AvgIpc) is 2.73. The van der Waals surface area contributed by atoms with Gasteiger partial charge in [0.1, 0.15) is 23.8 Å². The first-order valence-electron chi connectivity index (χ1n) is 8.94. The summed E-state index contributed by atoms with van der Waals surface area (Å²) in [6.07, 6.45) is -4.87. The number of hydrogen-bond donors (Lipinski definition) is 0. The van der Waals surface area contributed by atoms with E-state index in [4.69, 9.17) is 9.15 Å². The average molecular weight is 414 g/mol. The Hall–Kier alpha value is -3.61. The Morgan fingerprint density at radius 2 is 1.60 bits per heavy atom. The molecule has 0 aliphatic carbocycles. The van der Waals surface area contributed by atoms with Crippen molar-refractivity contribution >= 4 is 11.0 Å². The maximum atomic E-state index is 13.7. The summed E-state index contributed by atoms with van der Waals surface area (Å²) in [7, 11) is 0. The van der Waals surface area contributed by atoms with E-state index in [0.29, 0.717) is 0 Å². The second-order valence-corrected chi connectivity index (χ2v) is 6.54. The second kappa shape index (κ2) is 7.67. The van der Waals surface area contributed by atoms with Gasteiger partial charge in [-0.15, -0.1) is 0 Å². The van der Waals surface area contributed by atoms with Gasteiger partial charge in [0.15, 0.2) is 0 Å². The largest absolute Gasteiger partial charge is 0.489 e. The minimum Gasteiger partial charge on any atom is -0.489 e. The van der Waals surface area contributed by atoms with Gasteiger partial charge in [0.25, 0.3) is 0 Å². The van der Waals surface area contributed by atoms with Crippen LogP contribution in [0.2, 0.25) is 0 Å². The molecule has 7 heteroatoms. The Kier molecular flexibility index (Phi) is 5.03. The third-order valence-corrected chi connectivity index (χ3v) is 4.54. The highest BCUT2D eigenvalue weighted by Gasteiger charge is 2.39. The maximum Gasteiger partial charge on any atom is 0.450 e. The van der Waals surface area contributed by atoms with E-state index < -0.39 is 28.7 Å².